The van der Waals surface area contributed by atoms with E-state index in [2.05, 4.69) is 16.8 Å². The minimum atomic E-state index is -0.289. The molecule has 2 saturated heterocycles. The summed E-state index contributed by atoms with van der Waals surface area (Å²) in [5.74, 6) is 0.185. The standard InChI is InChI=1S/C22H34FN3O2/c1-17-5-6-20(23)14-19(17)15-22(28)26-8-7-21(18(16-26)4-3-13-27)25-11-9-24(2)10-12-25/h5-6,14,18,21,27H,3-4,7-13,15-16H2,1-2H3/t18-,21+/m1/s1. The zero-order chi connectivity index (χ0) is 20.1. The number of likely N-dealkylation sites (tertiary alicyclic amines) is 1. The first kappa shape index (κ1) is 21.2. The quantitative estimate of drug-likeness (QED) is 0.805. The average molecular weight is 392 g/mol. The molecule has 2 fully saturated rings. The SMILES string of the molecule is Cc1ccc(F)cc1CC(=O)N1CC[C@H](N2CCN(C)CC2)[C@H](CCCO)C1. The van der Waals surface area contributed by atoms with Crippen molar-refractivity contribution in [1.82, 2.24) is 14.7 Å². The van der Waals surface area contributed by atoms with E-state index in [1.54, 1.807) is 6.07 Å². The van der Waals surface area contributed by atoms with Crippen molar-refractivity contribution in [3.05, 3.63) is 35.1 Å². The number of benzene rings is 1. The van der Waals surface area contributed by atoms with Gasteiger partial charge >= 0.3 is 0 Å². The molecule has 2 heterocycles. The third-order valence-electron chi connectivity index (χ3n) is 6.44. The molecule has 0 spiro atoms. The minimum Gasteiger partial charge on any atom is -0.396 e. The van der Waals surface area contributed by atoms with Crippen LogP contribution in [-0.4, -0.2) is 84.7 Å². The molecule has 0 saturated carbocycles. The number of nitrogens with zero attached hydrogens (tertiary/aromatic N) is 3. The van der Waals surface area contributed by atoms with Crippen molar-refractivity contribution in [2.75, 3.05) is 52.9 Å². The van der Waals surface area contributed by atoms with Gasteiger partial charge in [-0.3, -0.25) is 9.69 Å². The number of hydrogen-bond acceptors (Lipinski definition) is 4. The molecule has 3 rings (SSSR count). The summed E-state index contributed by atoms with van der Waals surface area (Å²) in [5, 5.41) is 9.32. The smallest absolute Gasteiger partial charge is 0.227 e. The van der Waals surface area contributed by atoms with Gasteiger partial charge in [0, 0.05) is 51.9 Å². The molecule has 156 valence electrons. The first-order valence-corrected chi connectivity index (χ1v) is 10.5. The van der Waals surface area contributed by atoms with Gasteiger partial charge in [-0.25, -0.2) is 4.39 Å². The number of aryl methyl sites for hydroxylation is 1. The molecular weight excluding hydrogens is 357 g/mol. The van der Waals surface area contributed by atoms with Crippen molar-refractivity contribution >= 4 is 5.91 Å². The fraction of sp³-hybridized carbons (Fsp3) is 0.682. The zero-order valence-electron chi connectivity index (χ0n) is 17.2. The van der Waals surface area contributed by atoms with E-state index in [1.165, 1.54) is 12.1 Å². The number of aliphatic hydroxyl groups excluding tert-OH is 1. The molecule has 5 nitrogen and oxygen atoms in total. The molecule has 28 heavy (non-hydrogen) atoms. The van der Waals surface area contributed by atoms with Crippen molar-refractivity contribution in [3.63, 3.8) is 0 Å². The van der Waals surface area contributed by atoms with Crippen molar-refractivity contribution < 1.29 is 14.3 Å². The van der Waals surface area contributed by atoms with Crippen LogP contribution in [0.4, 0.5) is 4.39 Å². The molecule has 2 aliphatic heterocycles. The molecule has 1 N–H and O–H groups in total. The number of halogens is 1. The number of rotatable bonds is 6. The summed E-state index contributed by atoms with van der Waals surface area (Å²) in [7, 11) is 2.16. The Hall–Kier alpha value is -1.50. The Bertz CT molecular complexity index is 661. The lowest BCUT2D eigenvalue weighted by molar-refractivity contribution is -0.133. The molecule has 0 radical (unpaired) electrons. The molecule has 1 aromatic carbocycles. The van der Waals surface area contributed by atoms with Gasteiger partial charge in [0.05, 0.1) is 6.42 Å². The Balaban J connectivity index is 1.64. The van der Waals surface area contributed by atoms with Crippen molar-refractivity contribution in [2.45, 2.75) is 38.6 Å². The second kappa shape index (κ2) is 9.81. The normalized spacial score (nSPS) is 24.5. The summed E-state index contributed by atoms with van der Waals surface area (Å²) in [4.78, 5) is 19.8. The highest BCUT2D eigenvalue weighted by Gasteiger charge is 2.35. The molecule has 0 unspecified atom stereocenters. The maximum Gasteiger partial charge on any atom is 0.227 e. The molecule has 1 aromatic rings. The third kappa shape index (κ3) is 5.31. The summed E-state index contributed by atoms with van der Waals surface area (Å²) >= 11 is 0. The average Bonchev–Trinajstić information content (AvgIpc) is 2.69. The minimum absolute atomic E-state index is 0.0829. The van der Waals surface area contributed by atoms with Gasteiger partial charge in [-0.1, -0.05) is 6.07 Å². The van der Waals surface area contributed by atoms with Gasteiger partial charge in [0.15, 0.2) is 0 Å². The second-order valence-electron chi connectivity index (χ2n) is 8.41. The van der Waals surface area contributed by atoms with Gasteiger partial charge in [-0.05, 0) is 62.4 Å². The first-order chi connectivity index (χ1) is 13.5. The number of carbonyl (C=O) groups is 1. The van der Waals surface area contributed by atoms with Crippen LogP contribution in [0.15, 0.2) is 18.2 Å². The number of aliphatic hydroxyl groups is 1. The summed E-state index contributed by atoms with van der Waals surface area (Å²) in [6, 6.07) is 5.14. The van der Waals surface area contributed by atoms with E-state index in [0.29, 0.717) is 12.0 Å². The van der Waals surface area contributed by atoms with E-state index in [-0.39, 0.29) is 24.8 Å². The largest absolute Gasteiger partial charge is 0.396 e. The first-order valence-electron chi connectivity index (χ1n) is 10.5. The lowest BCUT2D eigenvalue weighted by Gasteiger charge is -2.46. The van der Waals surface area contributed by atoms with E-state index < -0.39 is 0 Å². The van der Waals surface area contributed by atoms with Crippen LogP contribution in [0.2, 0.25) is 0 Å². The van der Waals surface area contributed by atoms with Crippen molar-refractivity contribution in [3.8, 4) is 0 Å². The molecule has 0 bridgehead atoms. The van der Waals surface area contributed by atoms with Crippen LogP contribution >= 0.6 is 0 Å². The molecule has 1 amide bonds. The van der Waals surface area contributed by atoms with Gasteiger partial charge < -0.3 is 14.9 Å². The highest BCUT2D eigenvalue weighted by molar-refractivity contribution is 5.79. The van der Waals surface area contributed by atoms with Crippen molar-refractivity contribution in [1.29, 1.82) is 0 Å². The molecule has 6 heteroatoms. The lowest BCUT2D eigenvalue weighted by Crippen LogP contribution is -2.57. The van der Waals surface area contributed by atoms with Crippen LogP contribution in [0.25, 0.3) is 0 Å². The molecule has 2 aliphatic rings. The number of likely N-dealkylation sites (N-methyl/N-ethyl adjacent to an activating group) is 1. The van der Waals surface area contributed by atoms with Crippen LogP contribution in [-0.2, 0) is 11.2 Å². The molecule has 0 aliphatic carbocycles. The topological polar surface area (TPSA) is 47.0 Å². The maximum atomic E-state index is 13.6. The molecule has 2 atom stereocenters. The highest BCUT2D eigenvalue weighted by atomic mass is 19.1. The maximum absolute atomic E-state index is 13.6. The van der Waals surface area contributed by atoms with Crippen LogP contribution in [0.1, 0.15) is 30.4 Å². The lowest BCUT2D eigenvalue weighted by atomic mass is 9.86. The van der Waals surface area contributed by atoms with E-state index in [4.69, 9.17) is 0 Å². The Morgan fingerprint density at radius 3 is 2.68 bits per heavy atom. The predicted molar refractivity (Wildman–Crippen MR) is 109 cm³/mol. The summed E-state index contributed by atoms with van der Waals surface area (Å²) < 4.78 is 13.6. The predicted octanol–water partition coefficient (Wildman–Crippen LogP) is 1.91. The van der Waals surface area contributed by atoms with Crippen LogP contribution in [0, 0.1) is 18.7 Å². The van der Waals surface area contributed by atoms with Crippen LogP contribution < -0.4 is 0 Å². The van der Waals surface area contributed by atoms with Crippen molar-refractivity contribution in [2.24, 2.45) is 5.92 Å². The zero-order valence-corrected chi connectivity index (χ0v) is 17.2. The van der Waals surface area contributed by atoms with Gasteiger partial charge in [0.1, 0.15) is 5.82 Å². The van der Waals surface area contributed by atoms with Gasteiger partial charge in [-0.2, -0.15) is 0 Å². The second-order valence-corrected chi connectivity index (χ2v) is 8.41. The summed E-state index contributed by atoms with van der Waals surface area (Å²) in [5.41, 5.74) is 1.73. The highest BCUT2D eigenvalue weighted by Crippen LogP contribution is 2.27. The van der Waals surface area contributed by atoms with Gasteiger partial charge in [-0.15, -0.1) is 0 Å². The fourth-order valence-corrected chi connectivity index (χ4v) is 4.62. The Morgan fingerprint density at radius 1 is 1.21 bits per heavy atom. The van der Waals surface area contributed by atoms with E-state index in [0.717, 1.165) is 69.7 Å². The molecular formula is C22H34FN3O2. The number of hydrogen-bond donors (Lipinski definition) is 1. The third-order valence-corrected chi connectivity index (χ3v) is 6.44. The number of piperidine rings is 1. The monoisotopic (exact) mass is 391 g/mol. The van der Waals surface area contributed by atoms with Gasteiger partial charge in [0.25, 0.3) is 0 Å². The Morgan fingerprint density at radius 2 is 1.96 bits per heavy atom. The number of piperazine rings is 1. The summed E-state index contributed by atoms with van der Waals surface area (Å²) in [6.07, 6.45) is 2.96. The van der Waals surface area contributed by atoms with Crippen LogP contribution in [0.5, 0.6) is 0 Å². The fourth-order valence-electron chi connectivity index (χ4n) is 4.62. The molecule has 0 aromatic heterocycles. The Kier molecular flexibility index (Phi) is 7.43. The Labute approximate surface area is 168 Å². The van der Waals surface area contributed by atoms with Crippen LogP contribution in [0.3, 0.4) is 0 Å². The summed E-state index contributed by atoms with van der Waals surface area (Å²) in [6.45, 7) is 7.95. The number of amides is 1. The van der Waals surface area contributed by atoms with E-state index in [9.17, 15) is 14.3 Å². The van der Waals surface area contributed by atoms with Gasteiger partial charge in [0.2, 0.25) is 5.91 Å². The number of carbonyl (C=O) groups excluding carboxylic acids is 1. The van der Waals surface area contributed by atoms with E-state index >= 15 is 0 Å². The van der Waals surface area contributed by atoms with E-state index in [1.807, 2.05) is 11.8 Å².